The fraction of sp³-hybridized carbons (Fsp3) is 0.429. The summed E-state index contributed by atoms with van der Waals surface area (Å²) in [5.41, 5.74) is 3.44. The predicted octanol–water partition coefficient (Wildman–Crippen LogP) is 5.11. The normalized spacial score (nSPS) is 15.1. The molecule has 3 aromatic rings. The summed E-state index contributed by atoms with van der Waals surface area (Å²) in [6, 6.07) is 8.09. The Kier molecular flexibility index (Phi) is 6.66. The number of amides is 1. The predicted molar refractivity (Wildman–Crippen MR) is 125 cm³/mol. The van der Waals surface area contributed by atoms with Gasteiger partial charge in [-0.25, -0.2) is 4.98 Å². The largest absolute Gasteiger partial charge is 0.379 e. The summed E-state index contributed by atoms with van der Waals surface area (Å²) in [5.74, 6) is 0.0233. The molecule has 4 rings (SSSR count). The van der Waals surface area contributed by atoms with E-state index in [-0.39, 0.29) is 5.91 Å². The first-order valence-electron chi connectivity index (χ1n) is 9.76. The highest BCUT2D eigenvalue weighted by Crippen LogP contribution is 2.33. The molecular weight excluding hydrogens is 470 g/mol. The number of thiazole rings is 1. The summed E-state index contributed by atoms with van der Waals surface area (Å²) in [6.07, 6.45) is 0.909. The minimum Gasteiger partial charge on any atom is -0.379 e. The molecule has 0 bridgehead atoms. The number of halogens is 1. The van der Waals surface area contributed by atoms with Crippen molar-refractivity contribution in [3.05, 3.63) is 44.1 Å². The number of morpholine rings is 1. The van der Waals surface area contributed by atoms with Gasteiger partial charge in [-0.1, -0.05) is 11.3 Å². The Labute approximate surface area is 187 Å². The van der Waals surface area contributed by atoms with Crippen LogP contribution in [0.5, 0.6) is 0 Å². The number of hydrogen-bond donors (Lipinski definition) is 0. The van der Waals surface area contributed by atoms with E-state index in [1.807, 2.05) is 17.0 Å². The highest BCUT2D eigenvalue weighted by atomic mass is 79.9. The van der Waals surface area contributed by atoms with E-state index in [2.05, 4.69) is 46.8 Å². The Morgan fingerprint density at radius 2 is 1.97 bits per heavy atom. The smallest absolute Gasteiger partial charge is 0.270 e. The van der Waals surface area contributed by atoms with E-state index in [4.69, 9.17) is 9.72 Å². The number of thiophene rings is 1. The van der Waals surface area contributed by atoms with Gasteiger partial charge in [0.15, 0.2) is 5.13 Å². The lowest BCUT2D eigenvalue weighted by Gasteiger charge is -2.27. The first kappa shape index (κ1) is 20.9. The van der Waals surface area contributed by atoms with Crippen LogP contribution in [-0.2, 0) is 4.74 Å². The molecule has 0 aliphatic carbocycles. The Balaban J connectivity index is 1.57. The average Bonchev–Trinajstić information content (AvgIpc) is 3.32. The van der Waals surface area contributed by atoms with Gasteiger partial charge >= 0.3 is 0 Å². The molecule has 1 fully saturated rings. The number of carbonyl (C=O) groups is 1. The molecule has 2 aromatic heterocycles. The number of anilines is 1. The van der Waals surface area contributed by atoms with Crippen molar-refractivity contribution in [2.24, 2.45) is 0 Å². The second-order valence-electron chi connectivity index (χ2n) is 7.27. The molecule has 0 unspecified atom stereocenters. The molecule has 0 atom stereocenters. The van der Waals surface area contributed by atoms with Crippen LogP contribution in [0, 0.1) is 13.8 Å². The van der Waals surface area contributed by atoms with Crippen molar-refractivity contribution in [2.75, 3.05) is 44.3 Å². The summed E-state index contributed by atoms with van der Waals surface area (Å²) in [6.45, 7) is 9.35. The lowest BCUT2D eigenvalue weighted by molar-refractivity contribution is 0.0376. The maximum atomic E-state index is 13.3. The summed E-state index contributed by atoms with van der Waals surface area (Å²) in [4.78, 5) is 23.1. The van der Waals surface area contributed by atoms with Crippen LogP contribution in [0.1, 0.15) is 27.2 Å². The standard InChI is InChI=1S/C21H24BrN3O2S2/c1-14-12-16-18(13-15(14)2)29-21(23-16)25(20(26)17-4-5-19(22)28-17)7-3-6-24-8-10-27-11-9-24/h4-5,12-13H,3,6-11H2,1-2H3. The van der Waals surface area contributed by atoms with Crippen LogP contribution < -0.4 is 4.90 Å². The van der Waals surface area contributed by atoms with Crippen LogP contribution >= 0.6 is 38.6 Å². The zero-order valence-electron chi connectivity index (χ0n) is 16.6. The molecular formula is C21H24BrN3O2S2. The third-order valence-corrected chi connectivity index (χ3v) is 7.87. The number of rotatable bonds is 6. The number of nitrogens with zero attached hydrogens (tertiary/aromatic N) is 3. The van der Waals surface area contributed by atoms with Gasteiger partial charge in [-0.15, -0.1) is 11.3 Å². The molecule has 8 heteroatoms. The molecule has 29 heavy (non-hydrogen) atoms. The maximum absolute atomic E-state index is 13.3. The number of ether oxygens (including phenoxy) is 1. The molecule has 5 nitrogen and oxygen atoms in total. The van der Waals surface area contributed by atoms with Gasteiger partial charge in [0.05, 0.1) is 32.1 Å². The van der Waals surface area contributed by atoms with Gasteiger partial charge < -0.3 is 4.74 Å². The number of aryl methyl sites for hydroxylation is 2. The summed E-state index contributed by atoms with van der Waals surface area (Å²) >= 11 is 6.54. The van der Waals surface area contributed by atoms with E-state index in [9.17, 15) is 4.79 Å². The number of aromatic nitrogens is 1. The van der Waals surface area contributed by atoms with Gasteiger partial charge in [0.2, 0.25) is 0 Å². The third-order valence-electron chi connectivity index (χ3n) is 5.21. The third kappa shape index (κ3) is 4.88. The summed E-state index contributed by atoms with van der Waals surface area (Å²) in [7, 11) is 0. The van der Waals surface area contributed by atoms with E-state index < -0.39 is 0 Å². The van der Waals surface area contributed by atoms with Crippen molar-refractivity contribution in [1.29, 1.82) is 0 Å². The number of hydrogen-bond acceptors (Lipinski definition) is 6. The molecule has 1 saturated heterocycles. The highest BCUT2D eigenvalue weighted by Gasteiger charge is 2.23. The molecule has 0 radical (unpaired) electrons. The monoisotopic (exact) mass is 493 g/mol. The summed E-state index contributed by atoms with van der Waals surface area (Å²) in [5, 5.41) is 0.779. The second kappa shape index (κ2) is 9.22. The van der Waals surface area contributed by atoms with Crippen molar-refractivity contribution in [1.82, 2.24) is 9.88 Å². The van der Waals surface area contributed by atoms with Crippen molar-refractivity contribution in [3.8, 4) is 0 Å². The van der Waals surface area contributed by atoms with Crippen molar-refractivity contribution in [3.63, 3.8) is 0 Å². The molecule has 1 aromatic carbocycles. The molecule has 3 heterocycles. The molecule has 0 N–H and O–H groups in total. The molecule has 154 valence electrons. The van der Waals surface area contributed by atoms with Crippen LogP contribution in [-0.4, -0.2) is 55.2 Å². The molecule has 1 aliphatic heterocycles. The minimum atomic E-state index is 0.0233. The van der Waals surface area contributed by atoms with Gasteiger partial charge in [0.25, 0.3) is 5.91 Å². The van der Waals surface area contributed by atoms with E-state index in [1.54, 1.807) is 11.3 Å². The lowest BCUT2D eigenvalue weighted by Crippen LogP contribution is -2.39. The second-order valence-corrected chi connectivity index (χ2v) is 10.7. The lowest BCUT2D eigenvalue weighted by atomic mass is 10.1. The van der Waals surface area contributed by atoms with Crippen LogP contribution in [0.2, 0.25) is 0 Å². The molecule has 1 aliphatic rings. The number of fused-ring (bicyclic) bond motifs is 1. The van der Waals surface area contributed by atoms with Gasteiger partial charge in [0, 0.05) is 26.2 Å². The van der Waals surface area contributed by atoms with E-state index in [0.717, 1.165) is 63.3 Å². The first-order valence-corrected chi connectivity index (χ1v) is 12.2. The van der Waals surface area contributed by atoms with E-state index in [1.165, 1.54) is 22.5 Å². The Bertz CT molecular complexity index is 972. The highest BCUT2D eigenvalue weighted by molar-refractivity contribution is 9.11. The van der Waals surface area contributed by atoms with Gasteiger partial charge in [-0.3, -0.25) is 14.6 Å². The van der Waals surface area contributed by atoms with Gasteiger partial charge in [-0.05, 0) is 71.6 Å². The average molecular weight is 494 g/mol. The van der Waals surface area contributed by atoms with Gasteiger partial charge in [-0.2, -0.15) is 0 Å². The fourth-order valence-electron chi connectivity index (χ4n) is 3.41. The molecule has 0 spiro atoms. The quantitative estimate of drug-likeness (QED) is 0.478. The Morgan fingerprint density at radius 3 is 2.69 bits per heavy atom. The first-order chi connectivity index (χ1) is 14.0. The minimum absolute atomic E-state index is 0.0233. The summed E-state index contributed by atoms with van der Waals surface area (Å²) < 4.78 is 7.52. The fourth-order valence-corrected chi connectivity index (χ4v) is 5.81. The van der Waals surface area contributed by atoms with Crippen molar-refractivity contribution in [2.45, 2.75) is 20.3 Å². The van der Waals surface area contributed by atoms with Crippen LogP contribution in [0.25, 0.3) is 10.2 Å². The topological polar surface area (TPSA) is 45.7 Å². The Hall–Kier alpha value is -1.32. The van der Waals surface area contributed by atoms with Crippen molar-refractivity contribution < 1.29 is 9.53 Å². The molecule has 0 saturated carbocycles. The zero-order valence-corrected chi connectivity index (χ0v) is 19.8. The van der Waals surface area contributed by atoms with Crippen LogP contribution in [0.3, 0.4) is 0 Å². The SMILES string of the molecule is Cc1cc2nc(N(CCCN3CCOCC3)C(=O)c3ccc(Br)s3)sc2cc1C. The zero-order chi connectivity index (χ0) is 20.4. The maximum Gasteiger partial charge on any atom is 0.270 e. The van der Waals surface area contributed by atoms with Crippen LogP contribution in [0.4, 0.5) is 5.13 Å². The van der Waals surface area contributed by atoms with Crippen LogP contribution in [0.15, 0.2) is 28.1 Å². The Morgan fingerprint density at radius 1 is 1.21 bits per heavy atom. The van der Waals surface area contributed by atoms with E-state index in [0.29, 0.717) is 6.54 Å². The van der Waals surface area contributed by atoms with Gasteiger partial charge in [0.1, 0.15) is 0 Å². The van der Waals surface area contributed by atoms with E-state index >= 15 is 0 Å². The number of benzene rings is 1. The molecule has 1 amide bonds. The number of carbonyl (C=O) groups excluding carboxylic acids is 1. The van der Waals surface area contributed by atoms with Crippen molar-refractivity contribution >= 4 is 59.9 Å².